The van der Waals surface area contributed by atoms with Crippen LogP contribution in [-0.4, -0.2) is 4.98 Å². The number of halogens is 3. The van der Waals surface area contributed by atoms with E-state index in [1.807, 2.05) is 13.8 Å². The summed E-state index contributed by atoms with van der Waals surface area (Å²) in [6.45, 7) is 3.97. The first-order valence-electron chi connectivity index (χ1n) is 5.02. The highest BCUT2D eigenvalue weighted by Gasteiger charge is 2.50. The van der Waals surface area contributed by atoms with Gasteiger partial charge >= 0.3 is 6.18 Å². The molecule has 0 aliphatic heterocycles. The fourth-order valence-corrected chi connectivity index (χ4v) is 3.04. The SMILES string of the molecule is CC1(C)CC1c1nc(C(F)(F)F)c(CN)s1. The van der Waals surface area contributed by atoms with E-state index in [0.717, 1.165) is 17.8 Å². The third-order valence-corrected chi connectivity index (χ3v) is 4.17. The van der Waals surface area contributed by atoms with Crippen LogP contribution in [0.2, 0.25) is 0 Å². The smallest absolute Gasteiger partial charge is 0.326 e. The van der Waals surface area contributed by atoms with Gasteiger partial charge < -0.3 is 5.73 Å². The number of hydrogen-bond donors (Lipinski definition) is 1. The van der Waals surface area contributed by atoms with Crippen LogP contribution in [0.1, 0.15) is 41.8 Å². The normalized spacial score (nSPS) is 23.5. The average Bonchev–Trinajstić information content (AvgIpc) is 2.63. The number of nitrogens with zero attached hydrogens (tertiary/aromatic N) is 1. The molecule has 0 spiro atoms. The van der Waals surface area contributed by atoms with Gasteiger partial charge in [-0.2, -0.15) is 13.2 Å². The summed E-state index contributed by atoms with van der Waals surface area (Å²) in [6, 6.07) is 0. The van der Waals surface area contributed by atoms with Crippen molar-refractivity contribution in [2.75, 3.05) is 0 Å². The second-order valence-electron chi connectivity index (χ2n) is 4.77. The van der Waals surface area contributed by atoms with Crippen LogP contribution >= 0.6 is 11.3 Å². The maximum Gasteiger partial charge on any atom is 0.434 e. The second kappa shape index (κ2) is 3.43. The standard InChI is InChI=1S/C10H13F3N2S/c1-9(2)3-5(9)8-15-7(10(11,12)13)6(4-14)16-8/h5H,3-4,14H2,1-2H3. The van der Waals surface area contributed by atoms with E-state index in [4.69, 9.17) is 5.73 Å². The Bertz CT molecular complexity index is 409. The Labute approximate surface area is 95.7 Å². The fourth-order valence-electron chi connectivity index (χ4n) is 1.77. The number of rotatable bonds is 2. The molecule has 1 fully saturated rings. The van der Waals surface area contributed by atoms with Gasteiger partial charge in [-0.15, -0.1) is 11.3 Å². The van der Waals surface area contributed by atoms with Crippen LogP contribution in [-0.2, 0) is 12.7 Å². The summed E-state index contributed by atoms with van der Waals surface area (Å²) in [5.74, 6) is 0.166. The van der Waals surface area contributed by atoms with Crippen molar-refractivity contribution in [2.45, 2.75) is 38.9 Å². The van der Waals surface area contributed by atoms with Crippen LogP contribution in [0.4, 0.5) is 13.2 Å². The molecule has 0 radical (unpaired) electrons. The van der Waals surface area contributed by atoms with E-state index in [2.05, 4.69) is 4.98 Å². The highest BCUT2D eigenvalue weighted by atomic mass is 32.1. The number of alkyl halides is 3. The molecule has 0 amide bonds. The molecule has 2 nitrogen and oxygen atoms in total. The molecule has 1 atom stereocenters. The van der Waals surface area contributed by atoms with Gasteiger partial charge in [0.2, 0.25) is 0 Å². The van der Waals surface area contributed by atoms with Crippen LogP contribution in [0.25, 0.3) is 0 Å². The molecule has 2 N–H and O–H groups in total. The molecule has 1 aliphatic rings. The van der Waals surface area contributed by atoms with Crippen molar-refractivity contribution in [2.24, 2.45) is 11.1 Å². The molecule has 0 aromatic carbocycles. The predicted molar refractivity (Wildman–Crippen MR) is 56.1 cm³/mol. The third-order valence-electron chi connectivity index (χ3n) is 2.98. The summed E-state index contributed by atoms with van der Waals surface area (Å²) >= 11 is 1.10. The predicted octanol–water partition coefficient (Wildman–Crippen LogP) is 3.13. The largest absolute Gasteiger partial charge is 0.434 e. The zero-order valence-electron chi connectivity index (χ0n) is 9.06. The van der Waals surface area contributed by atoms with Crippen LogP contribution in [0.15, 0.2) is 0 Å². The Morgan fingerprint density at radius 1 is 1.50 bits per heavy atom. The lowest BCUT2D eigenvalue weighted by molar-refractivity contribution is -0.141. The van der Waals surface area contributed by atoms with Gasteiger partial charge in [-0.3, -0.25) is 0 Å². The number of nitrogens with two attached hydrogens (primary N) is 1. The number of thiazole rings is 1. The van der Waals surface area contributed by atoms with Gasteiger partial charge in [-0.25, -0.2) is 4.98 Å². The molecule has 2 rings (SSSR count). The van der Waals surface area contributed by atoms with Crippen LogP contribution in [0.5, 0.6) is 0 Å². The zero-order chi connectivity index (χ0) is 12.1. The molecule has 6 heteroatoms. The Balaban J connectivity index is 2.34. The monoisotopic (exact) mass is 250 g/mol. The van der Waals surface area contributed by atoms with E-state index in [9.17, 15) is 13.2 Å². The molecule has 1 aromatic rings. The molecule has 90 valence electrons. The van der Waals surface area contributed by atoms with E-state index >= 15 is 0 Å². The Kier molecular flexibility index (Phi) is 2.54. The van der Waals surface area contributed by atoms with E-state index in [0.29, 0.717) is 5.01 Å². The van der Waals surface area contributed by atoms with Crippen molar-refractivity contribution >= 4 is 11.3 Å². The first-order valence-corrected chi connectivity index (χ1v) is 5.84. The molecule has 1 saturated carbocycles. The first kappa shape index (κ1) is 11.9. The quantitative estimate of drug-likeness (QED) is 0.875. The van der Waals surface area contributed by atoms with Crippen LogP contribution in [0.3, 0.4) is 0 Å². The maximum atomic E-state index is 12.6. The molecule has 0 bridgehead atoms. The molecule has 1 aliphatic carbocycles. The van der Waals surface area contributed by atoms with E-state index < -0.39 is 11.9 Å². The topological polar surface area (TPSA) is 38.9 Å². The minimum absolute atomic E-state index is 0.0899. The molecular weight excluding hydrogens is 237 g/mol. The van der Waals surface area contributed by atoms with Crippen molar-refractivity contribution in [3.05, 3.63) is 15.6 Å². The second-order valence-corrected chi connectivity index (χ2v) is 5.89. The van der Waals surface area contributed by atoms with E-state index in [-0.39, 0.29) is 22.8 Å². The van der Waals surface area contributed by atoms with Crippen LogP contribution < -0.4 is 5.73 Å². The van der Waals surface area contributed by atoms with Crippen molar-refractivity contribution in [1.82, 2.24) is 4.98 Å². The van der Waals surface area contributed by atoms with Gasteiger partial charge in [0.1, 0.15) is 0 Å². The number of aromatic nitrogens is 1. The van der Waals surface area contributed by atoms with E-state index in [1.54, 1.807) is 0 Å². The van der Waals surface area contributed by atoms with E-state index in [1.165, 1.54) is 0 Å². The molecule has 1 heterocycles. The van der Waals surface area contributed by atoms with Gasteiger partial charge in [0.15, 0.2) is 5.69 Å². The lowest BCUT2D eigenvalue weighted by Gasteiger charge is -2.03. The summed E-state index contributed by atoms with van der Waals surface area (Å²) in [6.07, 6.45) is -3.48. The Hall–Kier alpha value is -0.620. The molecule has 1 aromatic heterocycles. The van der Waals surface area contributed by atoms with Gasteiger partial charge in [0.25, 0.3) is 0 Å². The summed E-state index contributed by atoms with van der Waals surface area (Å²) in [5.41, 5.74) is 4.62. The zero-order valence-corrected chi connectivity index (χ0v) is 9.87. The van der Waals surface area contributed by atoms with Crippen LogP contribution in [0, 0.1) is 5.41 Å². The summed E-state index contributed by atoms with van der Waals surface area (Å²) < 4.78 is 37.8. The molecule has 16 heavy (non-hydrogen) atoms. The lowest BCUT2D eigenvalue weighted by Crippen LogP contribution is -2.10. The highest BCUT2D eigenvalue weighted by molar-refractivity contribution is 7.11. The summed E-state index contributed by atoms with van der Waals surface area (Å²) in [5, 5.41) is 0.581. The van der Waals surface area contributed by atoms with Gasteiger partial charge in [-0.1, -0.05) is 13.8 Å². The first-order chi connectivity index (χ1) is 7.25. The Morgan fingerprint density at radius 2 is 2.06 bits per heavy atom. The van der Waals surface area contributed by atoms with Crippen molar-refractivity contribution < 1.29 is 13.2 Å². The summed E-state index contributed by atoms with van der Waals surface area (Å²) in [4.78, 5) is 3.87. The fraction of sp³-hybridized carbons (Fsp3) is 0.700. The van der Waals surface area contributed by atoms with Gasteiger partial charge in [-0.05, 0) is 11.8 Å². The highest BCUT2D eigenvalue weighted by Crippen LogP contribution is 2.59. The van der Waals surface area contributed by atoms with Gasteiger partial charge in [0.05, 0.1) is 9.88 Å². The maximum absolute atomic E-state index is 12.6. The van der Waals surface area contributed by atoms with Crippen molar-refractivity contribution in [3.63, 3.8) is 0 Å². The number of hydrogen-bond acceptors (Lipinski definition) is 3. The Morgan fingerprint density at radius 3 is 2.38 bits per heavy atom. The van der Waals surface area contributed by atoms with Crippen molar-refractivity contribution in [1.29, 1.82) is 0 Å². The molecular formula is C10H13F3N2S. The summed E-state index contributed by atoms with van der Waals surface area (Å²) in [7, 11) is 0. The average molecular weight is 250 g/mol. The minimum Gasteiger partial charge on any atom is -0.326 e. The van der Waals surface area contributed by atoms with Crippen molar-refractivity contribution in [3.8, 4) is 0 Å². The molecule has 1 unspecified atom stereocenters. The lowest BCUT2D eigenvalue weighted by atomic mass is 10.1. The molecule has 0 saturated heterocycles. The minimum atomic E-state index is -4.39. The third kappa shape index (κ3) is 1.96. The van der Waals surface area contributed by atoms with Gasteiger partial charge in [0, 0.05) is 12.5 Å².